The minimum atomic E-state index is 0.592. The van der Waals surface area contributed by atoms with E-state index >= 15 is 0 Å². The lowest BCUT2D eigenvalue weighted by atomic mass is 10.3. The quantitative estimate of drug-likeness (QED) is 0.590. The SMILES string of the molecule is Clc1nc2c[c]ccc2s1. The lowest BCUT2D eigenvalue weighted by molar-refractivity contribution is 1.50. The highest BCUT2D eigenvalue weighted by molar-refractivity contribution is 7.22. The molecular weight excluding hydrogens is 166 g/mol. The second-order valence-corrected chi connectivity index (χ2v) is 3.47. The summed E-state index contributed by atoms with van der Waals surface area (Å²) in [5.74, 6) is 0. The van der Waals surface area contributed by atoms with E-state index in [2.05, 4.69) is 11.1 Å². The van der Waals surface area contributed by atoms with Gasteiger partial charge in [0.25, 0.3) is 0 Å². The van der Waals surface area contributed by atoms with Gasteiger partial charge in [0.1, 0.15) is 0 Å². The fraction of sp³-hybridized carbons (Fsp3) is 0. The Morgan fingerprint density at radius 3 is 3.30 bits per heavy atom. The first-order chi connectivity index (χ1) is 4.86. The largest absolute Gasteiger partial charge is 0.225 e. The van der Waals surface area contributed by atoms with Crippen molar-refractivity contribution in [2.75, 3.05) is 0 Å². The van der Waals surface area contributed by atoms with Crippen LogP contribution in [0.1, 0.15) is 0 Å². The fourth-order valence-corrected chi connectivity index (χ4v) is 1.80. The Labute approximate surface area is 67.3 Å². The molecule has 1 radical (unpaired) electrons. The molecule has 0 fully saturated rings. The Hall–Kier alpha value is -0.600. The van der Waals surface area contributed by atoms with Gasteiger partial charge in [-0.1, -0.05) is 17.7 Å². The molecule has 0 amide bonds. The molecule has 1 aromatic carbocycles. The maximum atomic E-state index is 5.68. The van der Waals surface area contributed by atoms with Crippen LogP contribution in [-0.4, -0.2) is 4.98 Å². The zero-order valence-electron chi connectivity index (χ0n) is 4.97. The van der Waals surface area contributed by atoms with E-state index in [0.29, 0.717) is 4.47 Å². The van der Waals surface area contributed by atoms with Crippen LogP contribution in [0.3, 0.4) is 0 Å². The van der Waals surface area contributed by atoms with E-state index in [1.165, 1.54) is 11.3 Å². The highest BCUT2D eigenvalue weighted by Crippen LogP contribution is 2.24. The van der Waals surface area contributed by atoms with Crippen LogP contribution in [-0.2, 0) is 0 Å². The van der Waals surface area contributed by atoms with Crippen LogP contribution >= 0.6 is 22.9 Å². The lowest BCUT2D eigenvalue weighted by Gasteiger charge is -1.79. The number of aromatic nitrogens is 1. The Bertz CT molecular complexity index is 322. The third kappa shape index (κ3) is 0.895. The number of nitrogens with zero attached hydrogens (tertiary/aromatic N) is 1. The summed E-state index contributed by atoms with van der Waals surface area (Å²) in [6, 6.07) is 8.58. The van der Waals surface area contributed by atoms with E-state index in [1.54, 1.807) is 0 Å². The van der Waals surface area contributed by atoms with Crippen LogP contribution in [0.5, 0.6) is 0 Å². The highest BCUT2D eigenvalue weighted by atomic mass is 35.5. The second-order valence-electron chi connectivity index (χ2n) is 1.86. The molecule has 0 aliphatic carbocycles. The topological polar surface area (TPSA) is 12.9 Å². The molecule has 0 aliphatic rings. The molecular formula is C7H3ClNS. The van der Waals surface area contributed by atoms with E-state index in [9.17, 15) is 0 Å². The summed E-state index contributed by atoms with van der Waals surface area (Å²) in [6.45, 7) is 0. The predicted molar refractivity (Wildman–Crippen MR) is 43.5 cm³/mol. The molecule has 2 rings (SSSR count). The van der Waals surface area contributed by atoms with Crippen LogP contribution in [0.25, 0.3) is 10.2 Å². The molecule has 0 saturated carbocycles. The number of hydrogen-bond donors (Lipinski definition) is 0. The standard InChI is InChI=1S/C7H3ClNS/c8-7-9-5-3-1-2-4-6(5)10-7/h2-4H. The zero-order chi connectivity index (χ0) is 6.97. The van der Waals surface area contributed by atoms with Crippen molar-refractivity contribution in [2.45, 2.75) is 0 Å². The summed E-state index contributed by atoms with van der Waals surface area (Å²) in [7, 11) is 0. The van der Waals surface area contributed by atoms with Gasteiger partial charge in [-0.15, -0.1) is 11.3 Å². The Kier molecular flexibility index (Phi) is 1.36. The fourth-order valence-electron chi connectivity index (χ4n) is 0.789. The van der Waals surface area contributed by atoms with Crippen molar-refractivity contribution < 1.29 is 0 Å². The molecule has 1 aromatic heterocycles. The minimum absolute atomic E-state index is 0.592. The van der Waals surface area contributed by atoms with Gasteiger partial charge in [-0.25, -0.2) is 4.98 Å². The van der Waals surface area contributed by atoms with E-state index < -0.39 is 0 Å². The van der Waals surface area contributed by atoms with Gasteiger partial charge in [-0.3, -0.25) is 0 Å². The summed E-state index contributed by atoms with van der Waals surface area (Å²) in [4.78, 5) is 4.07. The zero-order valence-corrected chi connectivity index (χ0v) is 6.54. The van der Waals surface area contributed by atoms with Crippen LogP contribution in [0.15, 0.2) is 18.2 Å². The van der Waals surface area contributed by atoms with Crippen molar-refractivity contribution >= 4 is 33.2 Å². The monoisotopic (exact) mass is 168 g/mol. The number of benzene rings is 1. The van der Waals surface area contributed by atoms with Crippen LogP contribution in [0, 0.1) is 6.07 Å². The Morgan fingerprint density at radius 2 is 2.50 bits per heavy atom. The van der Waals surface area contributed by atoms with Crippen molar-refractivity contribution in [1.29, 1.82) is 0 Å². The smallest absolute Gasteiger partial charge is 0.184 e. The van der Waals surface area contributed by atoms with Gasteiger partial charge in [-0.2, -0.15) is 0 Å². The average molecular weight is 169 g/mol. The van der Waals surface area contributed by atoms with Gasteiger partial charge in [0, 0.05) is 0 Å². The summed E-state index contributed by atoms with van der Waals surface area (Å²) in [6.07, 6.45) is 0. The summed E-state index contributed by atoms with van der Waals surface area (Å²) < 4.78 is 1.71. The Morgan fingerprint density at radius 1 is 1.60 bits per heavy atom. The molecule has 0 bridgehead atoms. The maximum absolute atomic E-state index is 5.68. The van der Waals surface area contributed by atoms with Gasteiger partial charge in [0.15, 0.2) is 4.47 Å². The first-order valence-electron chi connectivity index (χ1n) is 2.78. The first kappa shape index (κ1) is 6.13. The molecule has 0 N–H and O–H groups in total. The molecule has 0 atom stereocenters. The van der Waals surface area contributed by atoms with Crippen LogP contribution in [0.4, 0.5) is 0 Å². The van der Waals surface area contributed by atoms with Crippen LogP contribution in [0.2, 0.25) is 4.47 Å². The van der Waals surface area contributed by atoms with E-state index in [1.807, 2.05) is 18.2 Å². The van der Waals surface area contributed by atoms with Gasteiger partial charge >= 0.3 is 0 Å². The molecule has 0 aliphatic heterocycles. The van der Waals surface area contributed by atoms with Crippen molar-refractivity contribution in [3.8, 4) is 0 Å². The van der Waals surface area contributed by atoms with Gasteiger partial charge in [-0.05, 0) is 18.2 Å². The molecule has 2 aromatic rings. The molecule has 1 heterocycles. The summed E-state index contributed by atoms with van der Waals surface area (Å²) >= 11 is 7.16. The normalized spacial score (nSPS) is 10.5. The second kappa shape index (κ2) is 2.22. The number of thiazole rings is 1. The van der Waals surface area contributed by atoms with Crippen molar-refractivity contribution in [3.05, 3.63) is 28.7 Å². The van der Waals surface area contributed by atoms with E-state index in [0.717, 1.165) is 10.2 Å². The van der Waals surface area contributed by atoms with Crippen molar-refractivity contribution in [1.82, 2.24) is 4.98 Å². The van der Waals surface area contributed by atoms with Gasteiger partial charge in [0.2, 0.25) is 0 Å². The Balaban J connectivity index is 2.88. The van der Waals surface area contributed by atoms with Crippen LogP contribution < -0.4 is 0 Å². The molecule has 0 saturated heterocycles. The molecule has 10 heavy (non-hydrogen) atoms. The third-order valence-electron chi connectivity index (χ3n) is 1.21. The number of rotatable bonds is 0. The molecule has 3 heteroatoms. The van der Waals surface area contributed by atoms with E-state index in [4.69, 9.17) is 11.6 Å². The number of halogens is 1. The molecule has 49 valence electrons. The first-order valence-corrected chi connectivity index (χ1v) is 3.98. The lowest BCUT2D eigenvalue weighted by Crippen LogP contribution is -1.63. The van der Waals surface area contributed by atoms with Gasteiger partial charge in [0.05, 0.1) is 10.2 Å². The predicted octanol–water partition coefficient (Wildman–Crippen LogP) is 2.75. The third-order valence-corrected chi connectivity index (χ3v) is 2.35. The summed E-state index contributed by atoms with van der Waals surface area (Å²) in [5.41, 5.74) is 0.928. The maximum Gasteiger partial charge on any atom is 0.184 e. The average Bonchev–Trinajstić information content (AvgIpc) is 2.27. The summed E-state index contributed by atoms with van der Waals surface area (Å²) in [5, 5.41) is 0. The number of hydrogen-bond acceptors (Lipinski definition) is 2. The van der Waals surface area contributed by atoms with Crippen molar-refractivity contribution in [3.63, 3.8) is 0 Å². The van der Waals surface area contributed by atoms with E-state index in [-0.39, 0.29) is 0 Å². The molecule has 1 nitrogen and oxygen atoms in total. The van der Waals surface area contributed by atoms with Gasteiger partial charge < -0.3 is 0 Å². The minimum Gasteiger partial charge on any atom is -0.225 e. The van der Waals surface area contributed by atoms with Crippen molar-refractivity contribution in [2.24, 2.45) is 0 Å². The number of fused-ring (bicyclic) bond motifs is 1. The molecule has 0 unspecified atom stereocenters. The molecule has 0 spiro atoms. The highest BCUT2D eigenvalue weighted by Gasteiger charge is 1.97.